The predicted molar refractivity (Wildman–Crippen MR) is 129 cm³/mol. The number of hydrogen-bond acceptors (Lipinski definition) is 7. The Balaban J connectivity index is 1.52. The summed E-state index contributed by atoms with van der Waals surface area (Å²) in [5.74, 6) is 0.373. The van der Waals surface area contributed by atoms with Gasteiger partial charge in [0.25, 0.3) is 0 Å². The van der Waals surface area contributed by atoms with Crippen LogP contribution >= 0.6 is 0 Å². The highest BCUT2D eigenvalue weighted by atomic mass is 32.2. The first-order valence-corrected chi connectivity index (χ1v) is 13.2. The molecular weight excluding hydrogens is 436 g/mol. The third-order valence-electron chi connectivity index (χ3n) is 6.24. The number of nitrogens with zero attached hydrogens (tertiary/aromatic N) is 6. The maximum Gasteiger partial charge on any atom is 0.198 e. The van der Waals surface area contributed by atoms with Crippen LogP contribution in [0.3, 0.4) is 0 Å². The number of unbranched alkanes of at least 4 members (excludes halogenated alkanes) is 1. The van der Waals surface area contributed by atoms with E-state index in [1.807, 2.05) is 25.1 Å². The van der Waals surface area contributed by atoms with Gasteiger partial charge < -0.3 is 4.90 Å². The van der Waals surface area contributed by atoms with Crippen LogP contribution in [-0.2, 0) is 15.7 Å². The topological polar surface area (TPSA) is 84.2 Å². The van der Waals surface area contributed by atoms with E-state index in [0.29, 0.717) is 5.82 Å². The molecule has 0 spiro atoms. The monoisotopic (exact) mass is 468 g/mol. The van der Waals surface area contributed by atoms with Gasteiger partial charge in [0.05, 0.1) is 10.9 Å². The SMILES string of the molecule is CCCC[C@H](c1nnnn1CS(=O)(=O)c1ccc(C)cc1)N1CCN(c2ccccc2)CC1. The van der Waals surface area contributed by atoms with Gasteiger partial charge in [-0.15, -0.1) is 5.10 Å². The van der Waals surface area contributed by atoms with Crippen molar-refractivity contribution in [3.05, 3.63) is 66.0 Å². The van der Waals surface area contributed by atoms with Crippen LogP contribution in [0.1, 0.15) is 43.6 Å². The number of rotatable bonds is 9. The van der Waals surface area contributed by atoms with Crippen LogP contribution in [0.4, 0.5) is 5.69 Å². The number of aromatic nitrogens is 4. The molecule has 9 heteroatoms. The predicted octanol–water partition coefficient (Wildman–Crippen LogP) is 3.47. The van der Waals surface area contributed by atoms with Crippen molar-refractivity contribution in [2.45, 2.75) is 49.9 Å². The van der Waals surface area contributed by atoms with Crippen molar-refractivity contribution in [2.75, 3.05) is 31.1 Å². The number of tetrazole rings is 1. The standard InChI is InChI=1S/C24H32N6O2S/c1-3-4-10-23(29-17-15-28(16-18-29)21-8-6-5-7-9-21)24-25-26-27-30(24)19-33(31,32)22-13-11-20(2)12-14-22/h5-9,11-14,23H,3-4,10,15-19H2,1-2H3/t23-/m1/s1. The quantitative estimate of drug-likeness (QED) is 0.475. The number of piperazine rings is 1. The summed E-state index contributed by atoms with van der Waals surface area (Å²) >= 11 is 0. The molecule has 0 N–H and O–H groups in total. The molecule has 4 rings (SSSR count). The van der Waals surface area contributed by atoms with E-state index in [0.717, 1.165) is 51.0 Å². The van der Waals surface area contributed by atoms with E-state index in [4.69, 9.17) is 0 Å². The molecule has 1 aliphatic heterocycles. The Bertz CT molecular complexity index is 1120. The lowest BCUT2D eigenvalue weighted by Gasteiger charge is -2.39. The number of sulfone groups is 1. The first-order valence-electron chi connectivity index (χ1n) is 11.6. The molecular formula is C24H32N6O2S. The van der Waals surface area contributed by atoms with Gasteiger partial charge in [-0.05, 0) is 48.0 Å². The summed E-state index contributed by atoms with van der Waals surface area (Å²) in [6.07, 6.45) is 2.98. The van der Waals surface area contributed by atoms with Crippen LogP contribution in [0.5, 0.6) is 0 Å². The van der Waals surface area contributed by atoms with Gasteiger partial charge in [0.1, 0.15) is 0 Å². The second-order valence-electron chi connectivity index (χ2n) is 8.61. The van der Waals surface area contributed by atoms with Crippen LogP contribution in [-0.4, -0.2) is 59.7 Å². The molecule has 0 bridgehead atoms. The number of aryl methyl sites for hydroxylation is 1. The third kappa shape index (κ3) is 5.59. The van der Waals surface area contributed by atoms with Crippen molar-refractivity contribution in [1.82, 2.24) is 25.1 Å². The molecule has 1 fully saturated rings. The van der Waals surface area contributed by atoms with Crippen molar-refractivity contribution in [3.63, 3.8) is 0 Å². The number of benzene rings is 2. The summed E-state index contributed by atoms with van der Waals surface area (Å²) in [6, 6.07) is 17.3. The second-order valence-corrected chi connectivity index (χ2v) is 10.6. The molecule has 0 unspecified atom stereocenters. The van der Waals surface area contributed by atoms with Crippen LogP contribution < -0.4 is 4.90 Å². The van der Waals surface area contributed by atoms with Gasteiger partial charge in [-0.2, -0.15) is 0 Å². The van der Waals surface area contributed by atoms with Gasteiger partial charge in [-0.25, -0.2) is 13.1 Å². The fourth-order valence-corrected chi connectivity index (χ4v) is 5.53. The average Bonchev–Trinajstić information content (AvgIpc) is 3.27. The lowest BCUT2D eigenvalue weighted by atomic mass is 10.1. The van der Waals surface area contributed by atoms with Crippen molar-refractivity contribution in [2.24, 2.45) is 0 Å². The van der Waals surface area contributed by atoms with Gasteiger partial charge in [0.2, 0.25) is 0 Å². The summed E-state index contributed by atoms with van der Waals surface area (Å²) in [5, 5.41) is 12.2. The largest absolute Gasteiger partial charge is 0.369 e. The molecule has 0 amide bonds. The van der Waals surface area contributed by atoms with Crippen LogP contribution in [0, 0.1) is 6.92 Å². The van der Waals surface area contributed by atoms with E-state index in [2.05, 4.69) is 56.5 Å². The molecule has 8 nitrogen and oxygen atoms in total. The summed E-state index contributed by atoms with van der Waals surface area (Å²) in [5.41, 5.74) is 2.25. The second kappa shape index (κ2) is 10.4. The summed E-state index contributed by atoms with van der Waals surface area (Å²) in [7, 11) is -3.56. The number of para-hydroxylation sites is 1. The molecule has 33 heavy (non-hydrogen) atoms. The van der Waals surface area contributed by atoms with Crippen molar-refractivity contribution in [1.29, 1.82) is 0 Å². The van der Waals surface area contributed by atoms with Crippen LogP contribution in [0.2, 0.25) is 0 Å². The van der Waals surface area contributed by atoms with Gasteiger partial charge in [-0.1, -0.05) is 55.7 Å². The van der Waals surface area contributed by atoms with E-state index < -0.39 is 9.84 Å². The van der Waals surface area contributed by atoms with Crippen molar-refractivity contribution in [3.8, 4) is 0 Å². The van der Waals surface area contributed by atoms with Gasteiger partial charge in [0.15, 0.2) is 21.5 Å². The first kappa shape index (κ1) is 23.4. The maximum absolute atomic E-state index is 13.0. The molecule has 1 aliphatic rings. The van der Waals surface area contributed by atoms with Gasteiger partial charge in [-0.3, -0.25) is 4.90 Å². The minimum atomic E-state index is -3.56. The third-order valence-corrected chi connectivity index (χ3v) is 7.81. The molecule has 1 aromatic heterocycles. The Morgan fingerprint density at radius 2 is 1.67 bits per heavy atom. The Morgan fingerprint density at radius 3 is 2.33 bits per heavy atom. The Morgan fingerprint density at radius 1 is 0.970 bits per heavy atom. The summed E-state index contributed by atoms with van der Waals surface area (Å²) in [4.78, 5) is 5.07. The molecule has 0 saturated carbocycles. The minimum absolute atomic E-state index is 0.00825. The molecule has 2 aromatic carbocycles. The number of anilines is 1. The maximum atomic E-state index is 13.0. The van der Waals surface area contributed by atoms with E-state index >= 15 is 0 Å². The highest BCUT2D eigenvalue weighted by molar-refractivity contribution is 7.90. The van der Waals surface area contributed by atoms with Crippen LogP contribution in [0.15, 0.2) is 59.5 Å². The zero-order chi connectivity index (χ0) is 23.3. The average molecular weight is 469 g/mol. The molecule has 3 aromatic rings. The lowest BCUT2D eigenvalue weighted by molar-refractivity contribution is 0.163. The number of hydrogen-bond donors (Lipinski definition) is 0. The molecule has 0 aliphatic carbocycles. The molecule has 0 radical (unpaired) electrons. The lowest BCUT2D eigenvalue weighted by Crippen LogP contribution is -2.48. The van der Waals surface area contributed by atoms with Crippen LogP contribution in [0.25, 0.3) is 0 Å². The Kier molecular flexibility index (Phi) is 7.39. The smallest absolute Gasteiger partial charge is 0.198 e. The zero-order valence-electron chi connectivity index (χ0n) is 19.3. The summed E-state index contributed by atoms with van der Waals surface area (Å²) < 4.78 is 27.5. The van der Waals surface area contributed by atoms with E-state index in [-0.39, 0.29) is 16.8 Å². The highest BCUT2D eigenvalue weighted by Gasteiger charge is 2.30. The van der Waals surface area contributed by atoms with E-state index in [1.165, 1.54) is 10.4 Å². The summed E-state index contributed by atoms with van der Waals surface area (Å²) in [6.45, 7) is 7.67. The van der Waals surface area contributed by atoms with Gasteiger partial charge >= 0.3 is 0 Å². The minimum Gasteiger partial charge on any atom is -0.369 e. The molecule has 2 heterocycles. The fraction of sp³-hybridized carbons (Fsp3) is 0.458. The van der Waals surface area contributed by atoms with Crippen molar-refractivity contribution < 1.29 is 8.42 Å². The first-order chi connectivity index (χ1) is 16.0. The fourth-order valence-electron chi connectivity index (χ4n) is 4.33. The van der Waals surface area contributed by atoms with E-state index in [1.54, 1.807) is 12.1 Å². The van der Waals surface area contributed by atoms with Gasteiger partial charge in [0, 0.05) is 31.9 Å². The molecule has 176 valence electrons. The normalized spacial score (nSPS) is 16.1. The van der Waals surface area contributed by atoms with E-state index in [9.17, 15) is 8.42 Å². The Hall–Kier alpha value is -2.78. The Labute approximate surface area is 196 Å². The highest BCUT2D eigenvalue weighted by Crippen LogP contribution is 2.28. The molecule has 1 atom stereocenters. The molecule has 1 saturated heterocycles. The van der Waals surface area contributed by atoms with Crippen molar-refractivity contribution >= 4 is 15.5 Å². The zero-order valence-corrected chi connectivity index (χ0v) is 20.2.